The molecule has 0 saturated carbocycles. The Morgan fingerprint density at radius 2 is 2.20 bits per heavy atom. The zero-order chi connectivity index (χ0) is 17.9. The number of hydrogen-bond donors (Lipinski definition) is 0. The van der Waals surface area contributed by atoms with Gasteiger partial charge in [0.2, 0.25) is 5.91 Å². The number of rotatable bonds is 3. The predicted octanol–water partition coefficient (Wildman–Crippen LogP) is 1.64. The first-order chi connectivity index (χ1) is 12.1. The van der Waals surface area contributed by atoms with Crippen LogP contribution in [0.3, 0.4) is 0 Å². The van der Waals surface area contributed by atoms with E-state index >= 15 is 0 Å². The number of carbonyl (C=O) groups is 1. The van der Waals surface area contributed by atoms with Crippen molar-refractivity contribution >= 4 is 11.7 Å². The van der Waals surface area contributed by atoms with E-state index in [4.69, 9.17) is 5.26 Å². The second kappa shape index (κ2) is 7.24. The minimum atomic E-state index is -0.0336. The molecule has 132 valence electrons. The molecule has 0 bridgehead atoms. The third-order valence-corrected chi connectivity index (χ3v) is 5.53. The Morgan fingerprint density at radius 1 is 1.36 bits per heavy atom. The van der Waals surface area contributed by atoms with Crippen LogP contribution in [0.4, 0.5) is 5.82 Å². The molecule has 6 nitrogen and oxygen atoms in total. The van der Waals surface area contributed by atoms with Crippen LogP contribution < -0.4 is 4.90 Å². The molecule has 1 amide bonds. The Hall–Kier alpha value is -2.39. The second-order valence-corrected chi connectivity index (χ2v) is 6.94. The summed E-state index contributed by atoms with van der Waals surface area (Å²) < 4.78 is 0. The molecule has 3 heterocycles. The van der Waals surface area contributed by atoms with E-state index in [0.717, 1.165) is 44.8 Å². The molecule has 6 heteroatoms. The van der Waals surface area contributed by atoms with Gasteiger partial charge in [0.25, 0.3) is 0 Å². The van der Waals surface area contributed by atoms with Gasteiger partial charge in [-0.1, -0.05) is 12.1 Å². The lowest BCUT2D eigenvalue weighted by Crippen LogP contribution is -2.61. The van der Waals surface area contributed by atoms with Gasteiger partial charge in [-0.15, -0.1) is 6.58 Å². The fraction of sp³-hybridized carbons (Fsp3) is 0.526. The van der Waals surface area contributed by atoms with Gasteiger partial charge in [0.15, 0.2) is 0 Å². The zero-order valence-electron chi connectivity index (χ0n) is 14.8. The number of nitrogens with zero attached hydrogens (tertiary/aromatic N) is 5. The molecular formula is C19H25N5O. The van der Waals surface area contributed by atoms with Crippen molar-refractivity contribution in [3.05, 3.63) is 36.5 Å². The summed E-state index contributed by atoms with van der Waals surface area (Å²) in [5, 5.41) is 9.10. The Kier molecular flexibility index (Phi) is 5.05. The third-order valence-electron chi connectivity index (χ3n) is 5.53. The standard InChI is InChI=1S/C19H25N5O/c1-3-10-23-11-9-19(8-7-18(23)25)15-24(13-12-22(19)2)17-6-4-5-16(14-20)21-17/h3-6H,1,7-13,15H2,2H3. The average molecular weight is 339 g/mol. The van der Waals surface area contributed by atoms with Crippen LogP contribution in [0.1, 0.15) is 25.0 Å². The normalized spacial score (nSPS) is 24.9. The largest absolute Gasteiger partial charge is 0.353 e. The van der Waals surface area contributed by atoms with Gasteiger partial charge < -0.3 is 9.80 Å². The summed E-state index contributed by atoms with van der Waals surface area (Å²) in [4.78, 5) is 23.4. The van der Waals surface area contributed by atoms with Crippen molar-refractivity contribution in [2.45, 2.75) is 24.8 Å². The molecule has 1 unspecified atom stereocenters. The van der Waals surface area contributed by atoms with Crippen molar-refractivity contribution in [3.63, 3.8) is 0 Å². The predicted molar refractivity (Wildman–Crippen MR) is 97.2 cm³/mol. The number of hydrogen-bond acceptors (Lipinski definition) is 5. The number of pyridine rings is 1. The first kappa shape index (κ1) is 17.4. The van der Waals surface area contributed by atoms with Crippen molar-refractivity contribution in [2.24, 2.45) is 0 Å². The van der Waals surface area contributed by atoms with Crippen molar-refractivity contribution < 1.29 is 4.79 Å². The SMILES string of the molecule is C=CCN1CCC2(CCC1=O)CN(c1cccc(C#N)n1)CCN2C. The van der Waals surface area contributed by atoms with Gasteiger partial charge in [0.1, 0.15) is 17.6 Å². The molecule has 25 heavy (non-hydrogen) atoms. The minimum absolute atomic E-state index is 0.0336. The number of piperazine rings is 1. The molecule has 3 rings (SSSR count). The Bertz CT molecular complexity index is 697. The molecule has 0 radical (unpaired) electrons. The van der Waals surface area contributed by atoms with E-state index in [2.05, 4.69) is 34.5 Å². The van der Waals surface area contributed by atoms with Gasteiger partial charge in [0.05, 0.1) is 0 Å². The molecule has 2 fully saturated rings. The number of aromatic nitrogens is 1. The van der Waals surface area contributed by atoms with Crippen LogP contribution in [-0.4, -0.2) is 66.0 Å². The maximum Gasteiger partial charge on any atom is 0.222 e. The summed E-state index contributed by atoms with van der Waals surface area (Å²) in [6.07, 6.45) is 4.16. The molecule has 1 aromatic heterocycles. The summed E-state index contributed by atoms with van der Waals surface area (Å²) in [6, 6.07) is 7.69. The molecule has 2 aliphatic rings. The lowest BCUT2D eigenvalue weighted by molar-refractivity contribution is -0.130. The van der Waals surface area contributed by atoms with E-state index in [9.17, 15) is 4.79 Å². The highest BCUT2D eigenvalue weighted by atomic mass is 16.2. The van der Waals surface area contributed by atoms with Gasteiger partial charge in [-0.25, -0.2) is 4.98 Å². The maximum absolute atomic E-state index is 12.4. The lowest BCUT2D eigenvalue weighted by atomic mass is 9.86. The number of anilines is 1. The van der Waals surface area contributed by atoms with Gasteiger partial charge >= 0.3 is 0 Å². The van der Waals surface area contributed by atoms with E-state index in [1.54, 1.807) is 12.1 Å². The average Bonchev–Trinajstić information content (AvgIpc) is 2.79. The summed E-state index contributed by atoms with van der Waals surface area (Å²) in [5.74, 6) is 1.07. The number of likely N-dealkylation sites (tertiary alicyclic amines) is 1. The van der Waals surface area contributed by atoms with Crippen molar-refractivity contribution in [3.8, 4) is 6.07 Å². The van der Waals surface area contributed by atoms with Crippen LogP contribution in [0.15, 0.2) is 30.9 Å². The van der Waals surface area contributed by atoms with Crippen LogP contribution in [0, 0.1) is 11.3 Å². The first-order valence-electron chi connectivity index (χ1n) is 8.80. The Labute approximate surface area is 149 Å². The number of carbonyl (C=O) groups excluding carboxylic acids is 1. The Morgan fingerprint density at radius 3 is 2.96 bits per heavy atom. The molecule has 2 saturated heterocycles. The van der Waals surface area contributed by atoms with Gasteiger partial charge in [0, 0.05) is 44.7 Å². The molecule has 2 aliphatic heterocycles. The molecular weight excluding hydrogens is 314 g/mol. The summed E-state index contributed by atoms with van der Waals surface area (Å²) >= 11 is 0. The monoisotopic (exact) mass is 339 g/mol. The van der Waals surface area contributed by atoms with E-state index in [1.165, 1.54) is 0 Å². The molecule has 0 aliphatic carbocycles. The summed E-state index contributed by atoms with van der Waals surface area (Å²) in [5.41, 5.74) is 0.410. The molecule has 0 N–H and O–H groups in total. The highest BCUT2D eigenvalue weighted by Crippen LogP contribution is 2.33. The highest BCUT2D eigenvalue weighted by Gasteiger charge is 2.42. The van der Waals surface area contributed by atoms with Crippen LogP contribution in [0.5, 0.6) is 0 Å². The van der Waals surface area contributed by atoms with Crippen LogP contribution in [-0.2, 0) is 4.79 Å². The van der Waals surface area contributed by atoms with Crippen molar-refractivity contribution in [1.29, 1.82) is 5.26 Å². The quantitative estimate of drug-likeness (QED) is 0.784. The molecule has 1 aromatic rings. The van der Waals surface area contributed by atoms with Crippen molar-refractivity contribution in [2.75, 3.05) is 44.7 Å². The fourth-order valence-corrected chi connectivity index (χ4v) is 3.90. The van der Waals surface area contributed by atoms with Crippen LogP contribution >= 0.6 is 0 Å². The zero-order valence-corrected chi connectivity index (χ0v) is 14.8. The van der Waals surface area contributed by atoms with Gasteiger partial charge in [-0.05, 0) is 32.0 Å². The minimum Gasteiger partial charge on any atom is -0.353 e. The highest BCUT2D eigenvalue weighted by molar-refractivity contribution is 5.76. The third kappa shape index (κ3) is 3.52. The van der Waals surface area contributed by atoms with Crippen LogP contribution in [0.25, 0.3) is 0 Å². The summed E-state index contributed by atoms with van der Waals surface area (Å²) in [6.45, 7) is 7.78. The van der Waals surface area contributed by atoms with Gasteiger partial charge in [-0.3, -0.25) is 9.69 Å². The van der Waals surface area contributed by atoms with E-state index in [1.807, 2.05) is 17.0 Å². The van der Waals surface area contributed by atoms with E-state index in [0.29, 0.717) is 18.7 Å². The maximum atomic E-state index is 12.4. The molecule has 1 atom stereocenters. The molecule has 0 aromatic carbocycles. The number of nitriles is 1. The van der Waals surface area contributed by atoms with Gasteiger partial charge in [-0.2, -0.15) is 5.26 Å². The Balaban J connectivity index is 1.81. The summed E-state index contributed by atoms with van der Waals surface area (Å²) in [7, 11) is 2.16. The van der Waals surface area contributed by atoms with Crippen LogP contribution in [0.2, 0.25) is 0 Å². The first-order valence-corrected chi connectivity index (χ1v) is 8.80. The smallest absolute Gasteiger partial charge is 0.222 e. The van der Waals surface area contributed by atoms with E-state index < -0.39 is 0 Å². The topological polar surface area (TPSA) is 63.5 Å². The number of amides is 1. The van der Waals surface area contributed by atoms with E-state index in [-0.39, 0.29) is 11.4 Å². The second-order valence-electron chi connectivity index (χ2n) is 6.94. The molecule has 1 spiro atoms. The lowest BCUT2D eigenvalue weighted by Gasteiger charge is -2.49. The fourth-order valence-electron chi connectivity index (χ4n) is 3.90. The van der Waals surface area contributed by atoms with Crippen molar-refractivity contribution in [1.82, 2.24) is 14.8 Å². The number of likely N-dealkylation sites (N-methyl/N-ethyl adjacent to an activating group) is 1.